The maximum Gasteiger partial charge on any atom is 0.150 e. The van der Waals surface area contributed by atoms with E-state index in [1.165, 1.54) is 6.07 Å². The third-order valence-electron chi connectivity index (χ3n) is 4.11. The molecule has 0 saturated carbocycles. The molecule has 1 aromatic carbocycles. The lowest BCUT2D eigenvalue weighted by Gasteiger charge is -2.12. The standard InChI is InChI=1S/C20H21FN6O/c21-16-9-19-13(2-1-5-25-19)8-14(16)12-26-20-17(23)3-4-18(27-20)15(10-22)11-24-6-7-28/h1-5,8-11,22,24,28H,6-7,12,23H2,(H,26,27)/b15-11+,22-10?. The van der Waals surface area contributed by atoms with E-state index in [0.29, 0.717) is 40.4 Å². The van der Waals surface area contributed by atoms with Crippen molar-refractivity contribution in [2.45, 2.75) is 6.54 Å². The molecule has 144 valence electrons. The third kappa shape index (κ3) is 4.41. The lowest BCUT2D eigenvalue weighted by Crippen LogP contribution is -2.12. The second kappa shape index (κ2) is 8.92. The number of pyridine rings is 2. The van der Waals surface area contributed by atoms with E-state index in [1.54, 1.807) is 36.7 Å². The monoisotopic (exact) mass is 380 g/mol. The van der Waals surface area contributed by atoms with Crippen LogP contribution in [0.2, 0.25) is 0 Å². The summed E-state index contributed by atoms with van der Waals surface area (Å²) in [5.41, 5.74) is 8.53. The Bertz CT molecular complexity index is 1020. The molecule has 0 fully saturated rings. The van der Waals surface area contributed by atoms with Gasteiger partial charge in [0, 0.05) is 54.3 Å². The lowest BCUT2D eigenvalue weighted by atomic mass is 10.1. The van der Waals surface area contributed by atoms with Gasteiger partial charge in [-0.2, -0.15) is 0 Å². The highest BCUT2D eigenvalue weighted by atomic mass is 19.1. The molecule has 0 aliphatic rings. The first kappa shape index (κ1) is 19.2. The summed E-state index contributed by atoms with van der Waals surface area (Å²) in [6.45, 7) is 0.549. The molecule has 2 heterocycles. The van der Waals surface area contributed by atoms with Crippen molar-refractivity contribution >= 4 is 34.2 Å². The second-order valence-electron chi connectivity index (χ2n) is 6.05. The Morgan fingerprint density at radius 2 is 2.14 bits per heavy atom. The summed E-state index contributed by atoms with van der Waals surface area (Å²) in [7, 11) is 0. The van der Waals surface area contributed by atoms with Crippen LogP contribution in [0.5, 0.6) is 0 Å². The van der Waals surface area contributed by atoms with Crippen LogP contribution in [0.4, 0.5) is 15.9 Å². The molecule has 2 aromatic heterocycles. The van der Waals surface area contributed by atoms with Crippen LogP contribution in [-0.2, 0) is 6.54 Å². The zero-order chi connectivity index (χ0) is 19.9. The number of anilines is 2. The van der Waals surface area contributed by atoms with Crippen molar-refractivity contribution in [1.29, 1.82) is 5.41 Å². The summed E-state index contributed by atoms with van der Waals surface area (Å²) in [5.74, 6) is 0.0415. The van der Waals surface area contributed by atoms with Gasteiger partial charge in [-0.1, -0.05) is 6.07 Å². The van der Waals surface area contributed by atoms with E-state index in [4.69, 9.17) is 16.2 Å². The minimum absolute atomic E-state index is 0.0173. The highest BCUT2D eigenvalue weighted by Gasteiger charge is 2.09. The highest BCUT2D eigenvalue weighted by Crippen LogP contribution is 2.22. The first-order chi connectivity index (χ1) is 13.6. The Kier molecular flexibility index (Phi) is 6.13. The fraction of sp³-hybridized carbons (Fsp3) is 0.150. The minimum atomic E-state index is -0.360. The van der Waals surface area contributed by atoms with Gasteiger partial charge in [-0.05, 0) is 24.3 Å². The van der Waals surface area contributed by atoms with E-state index in [0.717, 1.165) is 11.6 Å². The summed E-state index contributed by atoms with van der Waals surface area (Å²) in [6.07, 6.45) is 4.38. The Morgan fingerprint density at radius 1 is 1.29 bits per heavy atom. The molecule has 3 aromatic rings. The zero-order valence-corrected chi connectivity index (χ0v) is 15.1. The van der Waals surface area contributed by atoms with Crippen LogP contribution >= 0.6 is 0 Å². The number of aliphatic hydroxyl groups is 1. The van der Waals surface area contributed by atoms with E-state index in [2.05, 4.69) is 20.6 Å². The maximum atomic E-state index is 14.4. The van der Waals surface area contributed by atoms with Crippen molar-refractivity contribution < 1.29 is 9.50 Å². The molecule has 28 heavy (non-hydrogen) atoms. The number of hydrogen-bond donors (Lipinski definition) is 5. The van der Waals surface area contributed by atoms with Crippen LogP contribution in [0.3, 0.4) is 0 Å². The summed E-state index contributed by atoms with van der Waals surface area (Å²) in [5, 5.41) is 23.2. The molecule has 0 atom stereocenters. The molecule has 8 heteroatoms. The molecule has 0 spiro atoms. The number of aliphatic hydroxyl groups excluding tert-OH is 1. The van der Waals surface area contributed by atoms with Gasteiger partial charge >= 0.3 is 0 Å². The molecule has 0 aliphatic carbocycles. The predicted molar refractivity (Wildman–Crippen MR) is 110 cm³/mol. The van der Waals surface area contributed by atoms with Gasteiger partial charge in [-0.15, -0.1) is 0 Å². The van der Waals surface area contributed by atoms with Crippen molar-refractivity contribution in [2.75, 3.05) is 24.2 Å². The molecule has 0 unspecified atom stereocenters. The number of aromatic nitrogens is 2. The summed E-state index contributed by atoms with van der Waals surface area (Å²) in [6, 6.07) is 10.2. The van der Waals surface area contributed by atoms with Gasteiger partial charge in [0.05, 0.1) is 23.5 Å². The number of nitrogens with one attached hydrogen (secondary N) is 3. The zero-order valence-electron chi connectivity index (χ0n) is 15.1. The van der Waals surface area contributed by atoms with E-state index >= 15 is 0 Å². The quantitative estimate of drug-likeness (QED) is 0.303. The van der Waals surface area contributed by atoms with Crippen LogP contribution in [0.25, 0.3) is 16.5 Å². The van der Waals surface area contributed by atoms with E-state index in [1.807, 2.05) is 6.07 Å². The molecule has 7 nitrogen and oxygen atoms in total. The molecule has 0 saturated heterocycles. The summed E-state index contributed by atoms with van der Waals surface area (Å²) in [4.78, 5) is 8.58. The fourth-order valence-corrected chi connectivity index (χ4v) is 2.66. The van der Waals surface area contributed by atoms with Gasteiger partial charge in [0.15, 0.2) is 0 Å². The number of halogens is 1. The van der Waals surface area contributed by atoms with Gasteiger partial charge < -0.3 is 26.9 Å². The van der Waals surface area contributed by atoms with Gasteiger partial charge in [-0.3, -0.25) is 4.98 Å². The molecular weight excluding hydrogens is 359 g/mol. The highest BCUT2D eigenvalue weighted by molar-refractivity contribution is 6.07. The maximum absolute atomic E-state index is 14.4. The predicted octanol–water partition coefficient (Wildman–Crippen LogP) is 2.54. The molecule has 3 rings (SSSR count). The number of hydrogen-bond acceptors (Lipinski definition) is 7. The van der Waals surface area contributed by atoms with Crippen LogP contribution in [0.1, 0.15) is 11.3 Å². The normalized spacial score (nSPS) is 11.4. The number of allylic oxidation sites excluding steroid dienone is 1. The largest absolute Gasteiger partial charge is 0.396 e. The molecule has 0 bridgehead atoms. The number of fused-ring (bicyclic) bond motifs is 1. The SMILES string of the molecule is N=C/C(=C\NCCO)c1ccc(N)c(NCc2cc3cccnc3cc2F)n1. The summed E-state index contributed by atoms with van der Waals surface area (Å²) < 4.78 is 14.4. The van der Waals surface area contributed by atoms with Crippen LogP contribution < -0.4 is 16.4 Å². The van der Waals surface area contributed by atoms with E-state index in [-0.39, 0.29) is 19.0 Å². The van der Waals surface area contributed by atoms with Gasteiger partial charge in [0.25, 0.3) is 0 Å². The Labute approximate surface area is 161 Å². The smallest absolute Gasteiger partial charge is 0.150 e. The van der Waals surface area contributed by atoms with Crippen molar-refractivity contribution in [3.63, 3.8) is 0 Å². The summed E-state index contributed by atoms with van der Waals surface area (Å²) >= 11 is 0. The van der Waals surface area contributed by atoms with Crippen molar-refractivity contribution in [3.05, 3.63) is 65.9 Å². The number of nitrogen functional groups attached to an aromatic ring is 1. The van der Waals surface area contributed by atoms with Gasteiger partial charge in [0.1, 0.15) is 11.6 Å². The number of benzene rings is 1. The van der Waals surface area contributed by atoms with Crippen molar-refractivity contribution in [3.8, 4) is 0 Å². The van der Waals surface area contributed by atoms with Crippen molar-refractivity contribution in [2.24, 2.45) is 0 Å². The first-order valence-electron chi connectivity index (χ1n) is 8.71. The lowest BCUT2D eigenvalue weighted by molar-refractivity contribution is 0.298. The average molecular weight is 380 g/mol. The molecule has 0 amide bonds. The number of nitrogens with zero attached hydrogens (tertiary/aromatic N) is 2. The molecular formula is C20H21FN6O. The second-order valence-corrected chi connectivity index (χ2v) is 6.05. The van der Waals surface area contributed by atoms with Crippen LogP contribution in [-0.4, -0.2) is 34.4 Å². The van der Waals surface area contributed by atoms with E-state index < -0.39 is 0 Å². The third-order valence-corrected chi connectivity index (χ3v) is 4.11. The van der Waals surface area contributed by atoms with Crippen LogP contribution in [0, 0.1) is 11.2 Å². The Morgan fingerprint density at radius 3 is 2.93 bits per heavy atom. The molecule has 6 N–H and O–H groups in total. The van der Waals surface area contributed by atoms with E-state index in [9.17, 15) is 4.39 Å². The Balaban J connectivity index is 1.82. The first-order valence-corrected chi connectivity index (χ1v) is 8.71. The minimum Gasteiger partial charge on any atom is -0.396 e. The van der Waals surface area contributed by atoms with Crippen LogP contribution in [0.15, 0.2) is 48.8 Å². The topological polar surface area (TPSA) is 120 Å². The molecule has 0 aliphatic heterocycles. The molecule has 0 radical (unpaired) electrons. The Hall–Kier alpha value is -3.52. The number of nitrogens with two attached hydrogens (primary N) is 1. The number of rotatable bonds is 8. The van der Waals surface area contributed by atoms with Crippen molar-refractivity contribution in [1.82, 2.24) is 15.3 Å². The van der Waals surface area contributed by atoms with Gasteiger partial charge in [0.2, 0.25) is 0 Å². The fourth-order valence-electron chi connectivity index (χ4n) is 2.66. The van der Waals surface area contributed by atoms with Gasteiger partial charge in [-0.25, -0.2) is 9.37 Å². The average Bonchev–Trinajstić information content (AvgIpc) is 2.71.